The predicted octanol–water partition coefficient (Wildman–Crippen LogP) is 3.88. The molecule has 2 fully saturated rings. The Bertz CT molecular complexity index is 1370. The number of aliphatic hydroxyl groups is 1. The zero-order valence-electron chi connectivity index (χ0n) is 21.5. The Labute approximate surface area is 222 Å². The lowest BCUT2D eigenvalue weighted by Crippen LogP contribution is -2.63. The summed E-state index contributed by atoms with van der Waals surface area (Å²) in [4.78, 5) is 32.4. The smallest absolute Gasteiger partial charge is 0.317 e. The Kier molecular flexibility index (Phi) is 7.30. The predicted molar refractivity (Wildman–Crippen MR) is 144 cm³/mol. The van der Waals surface area contributed by atoms with Gasteiger partial charge in [-0.25, -0.2) is 9.78 Å². The number of amides is 2. The summed E-state index contributed by atoms with van der Waals surface area (Å²) in [5.74, 6) is 0. The number of likely N-dealkylation sites (tertiary alicyclic amines) is 1. The van der Waals surface area contributed by atoms with Gasteiger partial charge in [-0.15, -0.1) is 0 Å². The fraction of sp³-hybridized carbons (Fsp3) is 0.400. The Hall–Kier alpha value is -3.96. The van der Waals surface area contributed by atoms with E-state index in [1.54, 1.807) is 0 Å². The number of rotatable bonds is 6. The molecule has 2 amide bonds. The van der Waals surface area contributed by atoms with Crippen molar-refractivity contribution < 1.29 is 9.90 Å². The molecule has 0 radical (unpaired) electrons. The third-order valence-corrected chi connectivity index (χ3v) is 8.25. The monoisotopic (exact) mass is 511 g/mol. The molecule has 1 atom stereocenters. The van der Waals surface area contributed by atoms with Crippen molar-refractivity contribution in [2.75, 3.05) is 13.1 Å². The van der Waals surface area contributed by atoms with E-state index in [2.05, 4.69) is 16.4 Å². The Morgan fingerprint density at radius 1 is 1.05 bits per heavy atom. The zero-order chi connectivity index (χ0) is 26.6. The first-order valence-corrected chi connectivity index (χ1v) is 13.2. The van der Waals surface area contributed by atoms with E-state index >= 15 is 0 Å². The van der Waals surface area contributed by atoms with Gasteiger partial charge in [-0.1, -0.05) is 67.4 Å². The number of hydrogen-bond donors (Lipinski definition) is 2. The lowest BCUT2D eigenvalue weighted by atomic mass is 9.66. The van der Waals surface area contributed by atoms with Crippen LogP contribution in [-0.2, 0) is 19.5 Å². The van der Waals surface area contributed by atoms with Gasteiger partial charge in [0, 0.05) is 36.7 Å². The van der Waals surface area contributed by atoms with Gasteiger partial charge >= 0.3 is 6.03 Å². The Balaban J connectivity index is 1.27. The highest BCUT2D eigenvalue weighted by atomic mass is 16.3. The van der Waals surface area contributed by atoms with Gasteiger partial charge in [-0.05, 0) is 30.4 Å². The van der Waals surface area contributed by atoms with Gasteiger partial charge in [-0.3, -0.25) is 9.36 Å². The lowest BCUT2D eigenvalue weighted by molar-refractivity contribution is -0.135. The van der Waals surface area contributed by atoms with E-state index in [4.69, 9.17) is 5.26 Å². The van der Waals surface area contributed by atoms with Gasteiger partial charge in [0.2, 0.25) is 0 Å². The molecule has 8 nitrogen and oxygen atoms in total. The first-order chi connectivity index (χ1) is 18.4. The highest BCUT2D eigenvalue weighted by Crippen LogP contribution is 2.51. The average molecular weight is 512 g/mol. The number of nitriles is 1. The van der Waals surface area contributed by atoms with Crippen LogP contribution in [0.4, 0.5) is 4.79 Å². The molecule has 1 aliphatic heterocycles. The molecule has 1 spiro atoms. The minimum Gasteiger partial charge on any atom is -0.387 e. The molecule has 1 saturated heterocycles. The highest BCUT2D eigenvalue weighted by molar-refractivity contribution is 5.74. The minimum atomic E-state index is -1.10. The van der Waals surface area contributed by atoms with Crippen LogP contribution >= 0.6 is 0 Å². The van der Waals surface area contributed by atoms with Gasteiger partial charge < -0.3 is 15.3 Å². The highest BCUT2D eigenvalue weighted by Gasteiger charge is 2.55. The number of benzene rings is 2. The molecular weight excluding hydrogens is 478 g/mol. The molecule has 2 aromatic carbocycles. The summed E-state index contributed by atoms with van der Waals surface area (Å²) in [6.45, 7) is 1.43. The molecule has 0 bridgehead atoms. The van der Waals surface area contributed by atoms with Crippen LogP contribution in [0.1, 0.15) is 43.2 Å². The molecule has 2 aliphatic rings. The molecular formula is C30H33N5O3. The molecule has 2 heterocycles. The van der Waals surface area contributed by atoms with Crippen LogP contribution in [-0.4, -0.2) is 44.3 Å². The van der Waals surface area contributed by atoms with E-state index in [-0.39, 0.29) is 18.1 Å². The van der Waals surface area contributed by atoms with Gasteiger partial charge in [0.05, 0.1) is 36.7 Å². The number of nitrogens with zero attached hydrogens (tertiary/aromatic N) is 4. The van der Waals surface area contributed by atoms with Crippen LogP contribution in [0, 0.1) is 16.7 Å². The molecule has 5 rings (SSSR count). The standard InChI is InChI=1S/C30H33N5O3/c31-16-12-23-8-10-24(11-9-23)19-32-28(37)34-17-15-30(38,29(20-34)13-4-5-14-29)21-35-22-33-26(18-27(35)36)25-6-2-1-3-7-25/h1-3,6-11,18,22,38H,4-5,12-15,17,19-21H2,(H,32,37). The van der Waals surface area contributed by atoms with Crippen LogP contribution in [0.15, 0.2) is 71.8 Å². The summed E-state index contributed by atoms with van der Waals surface area (Å²) in [6, 6.07) is 20.7. The lowest BCUT2D eigenvalue weighted by Gasteiger charge is -2.52. The quantitative estimate of drug-likeness (QED) is 0.522. The molecule has 38 heavy (non-hydrogen) atoms. The topological polar surface area (TPSA) is 111 Å². The Morgan fingerprint density at radius 2 is 1.76 bits per heavy atom. The third-order valence-electron chi connectivity index (χ3n) is 8.25. The van der Waals surface area contributed by atoms with Crippen molar-refractivity contribution in [2.45, 2.75) is 57.2 Å². The molecule has 2 N–H and O–H groups in total. The zero-order valence-corrected chi connectivity index (χ0v) is 21.5. The normalized spacial score (nSPS) is 20.3. The fourth-order valence-electron chi connectivity index (χ4n) is 6.02. The molecule has 196 valence electrons. The first-order valence-electron chi connectivity index (χ1n) is 13.2. The van der Waals surface area contributed by atoms with Gasteiger partial charge in [-0.2, -0.15) is 5.26 Å². The molecule has 8 heteroatoms. The molecule has 1 aliphatic carbocycles. The van der Waals surface area contributed by atoms with Gasteiger partial charge in [0.15, 0.2) is 0 Å². The molecule has 1 unspecified atom stereocenters. The Morgan fingerprint density at radius 3 is 2.45 bits per heavy atom. The molecule has 1 aromatic heterocycles. The number of aromatic nitrogens is 2. The van der Waals surface area contributed by atoms with E-state index in [1.807, 2.05) is 59.5 Å². The summed E-state index contributed by atoms with van der Waals surface area (Å²) in [5.41, 5.74) is 1.65. The maximum atomic E-state index is 13.1. The van der Waals surface area contributed by atoms with Crippen molar-refractivity contribution in [3.8, 4) is 17.3 Å². The summed E-state index contributed by atoms with van der Waals surface area (Å²) in [7, 11) is 0. The van der Waals surface area contributed by atoms with Crippen molar-refractivity contribution in [1.29, 1.82) is 5.26 Å². The number of carbonyl (C=O) groups is 1. The van der Waals surface area contributed by atoms with Gasteiger partial charge in [0.1, 0.15) is 0 Å². The second-order valence-corrected chi connectivity index (χ2v) is 10.6. The third kappa shape index (κ3) is 5.20. The number of urea groups is 1. The van der Waals surface area contributed by atoms with Crippen LogP contribution in [0.3, 0.4) is 0 Å². The fourth-order valence-corrected chi connectivity index (χ4v) is 6.02. The summed E-state index contributed by atoms with van der Waals surface area (Å²) < 4.78 is 1.51. The first kappa shape index (κ1) is 25.7. The van der Waals surface area contributed by atoms with E-state index in [0.29, 0.717) is 38.2 Å². The van der Waals surface area contributed by atoms with Crippen molar-refractivity contribution in [3.63, 3.8) is 0 Å². The number of hydrogen-bond acceptors (Lipinski definition) is 5. The number of carbonyl (C=O) groups excluding carboxylic acids is 1. The second kappa shape index (κ2) is 10.8. The average Bonchev–Trinajstić information content (AvgIpc) is 3.41. The summed E-state index contributed by atoms with van der Waals surface area (Å²) in [6.07, 6.45) is 5.92. The SMILES string of the molecule is N#CCc1ccc(CNC(=O)N2CCC(O)(Cn3cnc(-c4ccccc4)cc3=O)C3(CCCC3)C2)cc1. The maximum Gasteiger partial charge on any atom is 0.317 e. The second-order valence-electron chi connectivity index (χ2n) is 10.6. The van der Waals surface area contributed by atoms with E-state index < -0.39 is 11.0 Å². The van der Waals surface area contributed by atoms with Crippen LogP contribution in [0.25, 0.3) is 11.3 Å². The summed E-state index contributed by atoms with van der Waals surface area (Å²) >= 11 is 0. The van der Waals surface area contributed by atoms with Crippen molar-refractivity contribution in [2.24, 2.45) is 5.41 Å². The van der Waals surface area contributed by atoms with Crippen molar-refractivity contribution in [1.82, 2.24) is 19.8 Å². The van der Waals surface area contributed by atoms with Crippen LogP contribution in [0.5, 0.6) is 0 Å². The van der Waals surface area contributed by atoms with Crippen molar-refractivity contribution in [3.05, 3.63) is 88.5 Å². The number of piperidine rings is 1. The van der Waals surface area contributed by atoms with E-state index in [0.717, 1.165) is 42.4 Å². The maximum absolute atomic E-state index is 13.1. The van der Waals surface area contributed by atoms with Crippen LogP contribution in [0.2, 0.25) is 0 Å². The van der Waals surface area contributed by atoms with E-state index in [9.17, 15) is 14.7 Å². The summed E-state index contributed by atoms with van der Waals surface area (Å²) in [5, 5.41) is 23.8. The van der Waals surface area contributed by atoms with Crippen LogP contribution < -0.4 is 10.9 Å². The number of nitrogens with one attached hydrogen (secondary N) is 1. The largest absolute Gasteiger partial charge is 0.387 e. The molecule has 3 aromatic rings. The van der Waals surface area contributed by atoms with Crippen molar-refractivity contribution >= 4 is 6.03 Å². The van der Waals surface area contributed by atoms with Gasteiger partial charge in [0.25, 0.3) is 5.56 Å². The molecule has 1 saturated carbocycles. The van der Waals surface area contributed by atoms with E-state index in [1.165, 1.54) is 17.0 Å². The minimum absolute atomic E-state index is 0.148.